The average molecular weight is 394 g/mol. The number of nitrogens with one attached hydrogen (secondary N) is 1. The van der Waals surface area contributed by atoms with E-state index in [0.29, 0.717) is 29.9 Å². The number of hydrogen-bond donors (Lipinski definition) is 1. The number of piperidine rings is 1. The summed E-state index contributed by atoms with van der Waals surface area (Å²) in [6.07, 6.45) is 6.03. The third-order valence-corrected chi connectivity index (χ3v) is 5.09. The molecule has 3 aromatic rings. The molecule has 1 aromatic carbocycles. The number of furan rings is 1. The molecule has 0 spiro atoms. The highest BCUT2D eigenvalue weighted by molar-refractivity contribution is 5.76. The van der Waals surface area contributed by atoms with E-state index >= 15 is 0 Å². The van der Waals surface area contributed by atoms with Gasteiger partial charge in [0.1, 0.15) is 17.3 Å². The van der Waals surface area contributed by atoms with Gasteiger partial charge in [-0.25, -0.2) is 14.4 Å². The molecular formula is C22H23FN4O2. The van der Waals surface area contributed by atoms with E-state index in [1.54, 1.807) is 48.8 Å². The summed E-state index contributed by atoms with van der Waals surface area (Å²) >= 11 is 0. The first-order chi connectivity index (χ1) is 14.2. The van der Waals surface area contributed by atoms with Crippen LogP contribution in [0.25, 0.3) is 11.3 Å². The predicted molar refractivity (Wildman–Crippen MR) is 108 cm³/mol. The predicted octanol–water partition coefficient (Wildman–Crippen LogP) is 3.59. The molecule has 1 aliphatic rings. The van der Waals surface area contributed by atoms with Crippen LogP contribution in [0.5, 0.6) is 0 Å². The van der Waals surface area contributed by atoms with E-state index in [1.807, 2.05) is 0 Å². The minimum atomic E-state index is -0.321. The molecule has 7 heteroatoms. The van der Waals surface area contributed by atoms with Crippen molar-refractivity contribution in [3.05, 3.63) is 66.4 Å². The molecule has 4 rings (SSSR count). The van der Waals surface area contributed by atoms with Crippen LogP contribution in [0.3, 0.4) is 0 Å². The van der Waals surface area contributed by atoms with Crippen LogP contribution in [-0.4, -0.2) is 35.0 Å². The van der Waals surface area contributed by atoms with Crippen LogP contribution in [0.4, 0.5) is 10.3 Å². The lowest BCUT2D eigenvalue weighted by atomic mass is 10.0. The van der Waals surface area contributed by atoms with Gasteiger partial charge in [0, 0.05) is 44.4 Å². The molecule has 1 N–H and O–H groups in total. The Balaban J connectivity index is 1.24. The van der Waals surface area contributed by atoms with E-state index in [2.05, 4.69) is 20.2 Å². The van der Waals surface area contributed by atoms with Crippen LogP contribution in [0.15, 0.2) is 59.3 Å². The Morgan fingerprint density at radius 3 is 2.62 bits per heavy atom. The van der Waals surface area contributed by atoms with E-state index in [4.69, 9.17) is 4.42 Å². The summed E-state index contributed by atoms with van der Waals surface area (Å²) in [6, 6.07) is 12.0. The SMILES string of the molecule is O=C(CCc1ccc(-c2ccccc2F)o1)NC1CCN(c2ncccn2)CC1. The van der Waals surface area contributed by atoms with Gasteiger partial charge in [0.25, 0.3) is 0 Å². The molecule has 2 aromatic heterocycles. The fourth-order valence-corrected chi connectivity index (χ4v) is 3.53. The van der Waals surface area contributed by atoms with Crippen molar-refractivity contribution in [1.29, 1.82) is 0 Å². The molecule has 150 valence electrons. The van der Waals surface area contributed by atoms with Crippen molar-refractivity contribution in [2.24, 2.45) is 0 Å². The first-order valence-corrected chi connectivity index (χ1v) is 9.84. The van der Waals surface area contributed by atoms with E-state index < -0.39 is 0 Å². The van der Waals surface area contributed by atoms with Gasteiger partial charge >= 0.3 is 0 Å². The quantitative estimate of drug-likeness (QED) is 0.692. The molecule has 6 nitrogen and oxygen atoms in total. The molecule has 0 atom stereocenters. The van der Waals surface area contributed by atoms with Crippen LogP contribution in [0, 0.1) is 5.82 Å². The number of hydrogen-bond acceptors (Lipinski definition) is 5. The van der Waals surface area contributed by atoms with E-state index in [9.17, 15) is 9.18 Å². The first kappa shape index (κ1) is 19.1. The van der Waals surface area contributed by atoms with Crippen LogP contribution in [0.1, 0.15) is 25.0 Å². The Kier molecular flexibility index (Phi) is 5.84. The first-order valence-electron chi connectivity index (χ1n) is 9.84. The fraction of sp³-hybridized carbons (Fsp3) is 0.318. The smallest absolute Gasteiger partial charge is 0.225 e. The summed E-state index contributed by atoms with van der Waals surface area (Å²) in [5.74, 6) is 1.57. The molecule has 1 amide bonds. The van der Waals surface area contributed by atoms with Crippen molar-refractivity contribution in [1.82, 2.24) is 15.3 Å². The Labute approximate surface area is 168 Å². The summed E-state index contributed by atoms with van der Waals surface area (Å²) < 4.78 is 19.6. The second kappa shape index (κ2) is 8.86. The molecule has 0 bridgehead atoms. The van der Waals surface area contributed by atoms with Gasteiger partial charge in [-0.3, -0.25) is 4.79 Å². The Morgan fingerprint density at radius 1 is 1.10 bits per heavy atom. The van der Waals surface area contributed by atoms with Crippen LogP contribution >= 0.6 is 0 Å². The second-order valence-corrected chi connectivity index (χ2v) is 7.12. The number of carbonyl (C=O) groups is 1. The van der Waals surface area contributed by atoms with E-state index in [1.165, 1.54) is 6.07 Å². The largest absolute Gasteiger partial charge is 0.461 e. The van der Waals surface area contributed by atoms with Crippen molar-refractivity contribution in [3.8, 4) is 11.3 Å². The van der Waals surface area contributed by atoms with Crippen molar-refractivity contribution in [2.45, 2.75) is 31.7 Å². The zero-order chi connectivity index (χ0) is 20.1. The molecule has 0 aliphatic carbocycles. The normalized spacial score (nSPS) is 14.7. The van der Waals surface area contributed by atoms with Gasteiger partial charge < -0.3 is 14.6 Å². The standard InChI is InChI=1S/C22H23FN4O2/c23-19-5-2-1-4-18(19)20-8-6-17(29-20)7-9-21(28)26-16-10-14-27(15-11-16)22-24-12-3-13-25-22/h1-6,8,12-13,16H,7,9-11,14-15H2,(H,26,28). The Bertz CT molecular complexity index is 952. The van der Waals surface area contributed by atoms with Gasteiger partial charge in [0.15, 0.2) is 0 Å². The number of rotatable bonds is 6. The number of aromatic nitrogens is 2. The number of benzene rings is 1. The van der Waals surface area contributed by atoms with Gasteiger partial charge in [-0.1, -0.05) is 12.1 Å². The highest BCUT2D eigenvalue weighted by atomic mass is 19.1. The Morgan fingerprint density at radius 2 is 1.86 bits per heavy atom. The van der Waals surface area contributed by atoms with Gasteiger partial charge in [-0.2, -0.15) is 0 Å². The van der Waals surface area contributed by atoms with Crippen molar-refractivity contribution >= 4 is 11.9 Å². The maximum absolute atomic E-state index is 13.9. The summed E-state index contributed by atoms with van der Waals surface area (Å²) in [7, 11) is 0. The third-order valence-electron chi connectivity index (χ3n) is 5.09. The van der Waals surface area contributed by atoms with Crippen molar-refractivity contribution in [2.75, 3.05) is 18.0 Å². The van der Waals surface area contributed by atoms with Crippen molar-refractivity contribution in [3.63, 3.8) is 0 Å². The topological polar surface area (TPSA) is 71.3 Å². The highest BCUT2D eigenvalue weighted by Crippen LogP contribution is 2.25. The average Bonchev–Trinajstić information content (AvgIpc) is 3.23. The second-order valence-electron chi connectivity index (χ2n) is 7.12. The third kappa shape index (κ3) is 4.80. The lowest BCUT2D eigenvalue weighted by Gasteiger charge is -2.32. The number of amides is 1. The fourth-order valence-electron chi connectivity index (χ4n) is 3.53. The van der Waals surface area contributed by atoms with Gasteiger partial charge in [0.05, 0.1) is 5.56 Å². The monoisotopic (exact) mass is 394 g/mol. The molecular weight excluding hydrogens is 371 g/mol. The lowest BCUT2D eigenvalue weighted by Crippen LogP contribution is -2.45. The number of anilines is 1. The minimum absolute atomic E-state index is 0.00301. The molecule has 1 fully saturated rings. The maximum Gasteiger partial charge on any atom is 0.225 e. The highest BCUT2D eigenvalue weighted by Gasteiger charge is 2.22. The Hall–Kier alpha value is -3.22. The molecule has 0 unspecified atom stereocenters. The zero-order valence-electron chi connectivity index (χ0n) is 16.1. The van der Waals surface area contributed by atoms with Gasteiger partial charge in [0.2, 0.25) is 11.9 Å². The maximum atomic E-state index is 13.9. The van der Waals surface area contributed by atoms with Crippen molar-refractivity contribution < 1.29 is 13.6 Å². The minimum Gasteiger partial charge on any atom is -0.461 e. The summed E-state index contributed by atoms with van der Waals surface area (Å²) in [5.41, 5.74) is 0.428. The number of halogens is 1. The molecule has 29 heavy (non-hydrogen) atoms. The summed E-state index contributed by atoms with van der Waals surface area (Å²) in [6.45, 7) is 1.64. The lowest BCUT2D eigenvalue weighted by molar-refractivity contribution is -0.121. The van der Waals surface area contributed by atoms with Gasteiger partial charge in [-0.15, -0.1) is 0 Å². The number of carbonyl (C=O) groups excluding carboxylic acids is 1. The number of nitrogens with zero attached hydrogens (tertiary/aromatic N) is 3. The molecule has 3 heterocycles. The summed E-state index contributed by atoms with van der Waals surface area (Å²) in [4.78, 5) is 23.0. The molecule has 0 saturated carbocycles. The van der Waals surface area contributed by atoms with Crippen LogP contribution in [-0.2, 0) is 11.2 Å². The zero-order valence-corrected chi connectivity index (χ0v) is 16.1. The van der Waals surface area contributed by atoms with Gasteiger partial charge in [-0.05, 0) is 43.2 Å². The molecule has 1 aliphatic heterocycles. The van der Waals surface area contributed by atoms with E-state index in [-0.39, 0.29) is 17.8 Å². The molecule has 0 radical (unpaired) electrons. The summed E-state index contributed by atoms with van der Waals surface area (Å²) in [5, 5.41) is 3.10. The van der Waals surface area contributed by atoms with Crippen LogP contribution in [0.2, 0.25) is 0 Å². The molecule has 1 saturated heterocycles. The van der Waals surface area contributed by atoms with Crippen LogP contribution < -0.4 is 10.2 Å². The number of aryl methyl sites for hydroxylation is 1. The van der Waals surface area contributed by atoms with E-state index in [0.717, 1.165) is 31.9 Å².